The molecule has 0 unspecified atom stereocenters. The van der Waals surface area contributed by atoms with Crippen molar-refractivity contribution in [2.24, 2.45) is 5.73 Å². The Labute approximate surface area is 86.5 Å². The SMILES string of the molecule is Cc1ccc(NC(N)=S)c(Cl)c1O. The van der Waals surface area contributed by atoms with Crippen molar-refractivity contribution in [3.8, 4) is 5.75 Å². The molecule has 0 saturated heterocycles. The highest BCUT2D eigenvalue weighted by atomic mass is 35.5. The Morgan fingerprint density at radius 2 is 2.23 bits per heavy atom. The van der Waals surface area contributed by atoms with Crippen LogP contribution in [0.4, 0.5) is 5.69 Å². The van der Waals surface area contributed by atoms with Crippen molar-refractivity contribution in [2.75, 3.05) is 5.32 Å². The fourth-order valence-electron chi connectivity index (χ4n) is 0.890. The van der Waals surface area contributed by atoms with Crippen LogP contribution < -0.4 is 11.1 Å². The number of anilines is 1. The minimum absolute atomic E-state index is 0.0444. The normalized spacial score (nSPS) is 9.69. The number of halogens is 1. The molecule has 0 bridgehead atoms. The maximum atomic E-state index is 9.44. The smallest absolute Gasteiger partial charge is 0.168 e. The van der Waals surface area contributed by atoms with Crippen molar-refractivity contribution in [1.29, 1.82) is 0 Å². The van der Waals surface area contributed by atoms with Gasteiger partial charge in [0.2, 0.25) is 0 Å². The van der Waals surface area contributed by atoms with E-state index in [0.29, 0.717) is 11.3 Å². The van der Waals surface area contributed by atoms with Crippen molar-refractivity contribution in [2.45, 2.75) is 6.92 Å². The molecule has 0 heterocycles. The molecule has 0 fully saturated rings. The number of hydrogen-bond donors (Lipinski definition) is 3. The zero-order chi connectivity index (χ0) is 10.0. The lowest BCUT2D eigenvalue weighted by molar-refractivity contribution is 0.472. The third kappa shape index (κ3) is 2.23. The first-order valence-electron chi connectivity index (χ1n) is 3.57. The van der Waals surface area contributed by atoms with E-state index in [2.05, 4.69) is 17.5 Å². The Bertz CT molecular complexity index is 354. The lowest BCUT2D eigenvalue weighted by Crippen LogP contribution is -2.19. The topological polar surface area (TPSA) is 58.3 Å². The molecule has 70 valence electrons. The van der Waals surface area contributed by atoms with E-state index in [1.165, 1.54) is 0 Å². The molecule has 0 spiro atoms. The monoisotopic (exact) mass is 216 g/mol. The lowest BCUT2D eigenvalue weighted by Gasteiger charge is -2.08. The number of hydrogen-bond acceptors (Lipinski definition) is 2. The van der Waals surface area contributed by atoms with E-state index in [0.717, 1.165) is 0 Å². The molecule has 0 aliphatic carbocycles. The highest BCUT2D eigenvalue weighted by molar-refractivity contribution is 7.80. The van der Waals surface area contributed by atoms with Crippen molar-refractivity contribution < 1.29 is 5.11 Å². The standard InChI is InChI=1S/C8H9ClN2OS/c1-4-2-3-5(11-8(10)13)6(9)7(4)12/h2-3,12H,1H3,(H3,10,11,13). The molecular weight excluding hydrogens is 208 g/mol. The zero-order valence-corrected chi connectivity index (χ0v) is 8.54. The van der Waals surface area contributed by atoms with E-state index in [1.54, 1.807) is 19.1 Å². The van der Waals surface area contributed by atoms with Gasteiger partial charge in [-0.3, -0.25) is 0 Å². The van der Waals surface area contributed by atoms with Crippen LogP contribution in [0.5, 0.6) is 5.75 Å². The first kappa shape index (κ1) is 10.1. The Hall–Kier alpha value is -1.00. The van der Waals surface area contributed by atoms with Gasteiger partial charge in [0.1, 0.15) is 10.8 Å². The summed E-state index contributed by atoms with van der Waals surface area (Å²) < 4.78 is 0. The van der Waals surface area contributed by atoms with Crippen LogP contribution in [0, 0.1) is 6.92 Å². The molecule has 0 amide bonds. The third-order valence-electron chi connectivity index (χ3n) is 1.58. The van der Waals surface area contributed by atoms with E-state index in [4.69, 9.17) is 17.3 Å². The first-order valence-corrected chi connectivity index (χ1v) is 4.35. The molecule has 13 heavy (non-hydrogen) atoms. The number of benzene rings is 1. The molecular formula is C8H9ClN2OS. The molecule has 0 aromatic heterocycles. The number of nitrogens with one attached hydrogen (secondary N) is 1. The summed E-state index contributed by atoms with van der Waals surface area (Å²) in [5.41, 5.74) is 6.48. The Kier molecular flexibility index (Phi) is 2.95. The summed E-state index contributed by atoms with van der Waals surface area (Å²) in [6, 6.07) is 3.43. The molecule has 3 nitrogen and oxygen atoms in total. The van der Waals surface area contributed by atoms with Crippen LogP contribution in [0.25, 0.3) is 0 Å². The molecule has 0 aliphatic rings. The maximum Gasteiger partial charge on any atom is 0.168 e. The highest BCUT2D eigenvalue weighted by Gasteiger charge is 2.07. The van der Waals surface area contributed by atoms with Gasteiger partial charge < -0.3 is 16.2 Å². The fourth-order valence-corrected chi connectivity index (χ4v) is 1.26. The second-order valence-electron chi connectivity index (χ2n) is 2.58. The molecule has 0 atom stereocenters. The van der Waals surface area contributed by atoms with Gasteiger partial charge in [-0.1, -0.05) is 17.7 Å². The summed E-state index contributed by atoms with van der Waals surface area (Å²) in [5, 5.41) is 12.4. The second-order valence-corrected chi connectivity index (χ2v) is 3.40. The summed E-state index contributed by atoms with van der Waals surface area (Å²) in [6.45, 7) is 1.76. The van der Waals surface area contributed by atoms with Crippen molar-refractivity contribution in [3.05, 3.63) is 22.7 Å². The minimum atomic E-state index is 0.0444. The largest absolute Gasteiger partial charge is 0.506 e. The molecule has 1 rings (SSSR count). The minimum Gasteiger partial charge on any atom is -0.506 e. The van der Waals surface area contributed by atoms with Gasteiger partial charge >= 0.3 is 0 Å². The Morgan fingerprint density at radius 1 is 1.62 bits per heavy atom. The predicted molar refractivity (Wildman–Crippen MR) is 58.3 cm³/mol. The zero-order valence-electron chi connectivity index (χ0n) is 6.97. The summed E-state index contributed by atoms with van der Waals surface area (Å²) in [6.07, 6.45) is 0. The number of nitrogens with two attached hydrogens (primary N) is 1. The maximum absolute atomic E-state index is 9.44. The fraction of sp³-hybridized carbons (Fsp3) is 0.125. The third-order valence-corrected chi connectivity index (χ3v) is 2.06. The molecule has 1 aromatic carbocycles. The average molecular weight is 217 g/mol. The van der Waals surface area contributed by atoms with Crippen LogP contribution >= 0.6 is 23.8 Å². The predicted octanol–water partition coefficient (Wildman–Crippen LogP) is 2.01. The van der Waals surface area contributed by atoms with E-state index < -0.39 is 0 Å². The summed E-state index contributed by atoms with van der Waals surface area (Å²) in [5.74, 6) is 0.0444. The van der Waals surface area contributed by atoms with E-state index in [-0.39, 0.29) is 15.9 Å². The van der Waals surface area contributed by atoms with E-state index >= 15 is 0 Å². The van der Waals surface area contributed by atoms with Crippen molar-refractivity contribution >= 4 is 34.6 Å². The number of rotatable bonds is 1. The Morgan fingerprint density at radius 3 is 2.77 bits per heavy atom. The number of aryl methyl sites for hydroxylation is 1. The van der Waals surface area contributed by atoms with Crippen LogP contribution in [0.15, 0.2) is 12.1 Å². The molecule has 4 N–H and O–H groups in total. The number of thiocarbonyl (C=S) groups is 1. The Balaban J connectivity index is 3.10. The average Bonchev–Trinajstić information content (AvgIpc) is 2.06. The lowest BCUT2D eigenvalue weighted by atomic mass is 10.2. The summed E-state index contributed by atoms with van der Waals surface area (Å²) >= 11 is 10.5. The molecule has 5 heteroatoms. The summed E-state index contributed by atoms with van der Waals surface area (Å²) in [4.78, 5) is 0. The van der Waals surface area contributed by atoms with Crippen molar-refractivity contribution in [3.63, 3.8) is 0 Å². The van der Waals surface area contributed by atoms with Gasteiger partial charge in [-0.2, -0.15) is 0 Å². The number of aromatic hydroxyl groups is 1. The van der Waals surface area contributed by atoms with Crippen LogP contribution in [-0.4, -0.2) is 10.2 Å². The van der Waals surface area contributed by atoms with Gasteiger partial charge in [-0.05, 0) is 30.8 Å². The van der Waals surface area contributed by atoms with Gasteiger partial charge in [0.25, 0.3) is 0 Å². The summed E-state index contributed by atoms with van der Waals surface area (Å²) in [7, 11) is 0. The van der Waals surface area contributed by atoms with E-state index in [1.807, 2.05) is 0 Å². The van der Waals surface area contributed by atoms with Crippen LogP contribution in [0.1, 0.15) is 5.56 Å². The van der Waals surface area contributed by atoms with Crippen LogP contribution in [-0.2, 0) is 0 Å². The van der Waals surface area contributed by atoms with Gasteiger partial charge in [0.15, 0.2) is 5.11 Å². The van der Waals surface area contributed by atoms with Gasteiger partial charge in [0, 0.05) is 0 Å². The molecule has 0 aliphatic heterocycles. The molecule has 1 aromatic rings. The van der Waals surface area contributed by atoms with Gasteiger partial charge in [-0.25, -0.2) is 0 Å². The first-order chi connectivity index (χ1) is 6.02. The number of phenolic OH excluding ortho intramolecular Hbond substituents is 1. The van der Waals surface area contributed by atoms with Gasteiger partial charge in [-0.15, -0.1) is 0 Å². The van der Waals surface area contributed by atoms with Gasteiger partial charge in [0.05, 0.1) is 5.69 Å². The highest BCUT2D eigenvalue weighted by Crippen LogP contribution is 2.33. The van der Waals surface area contributed by atoms with Crippen LogP contribution in [0.2, 0.25) is 5.02 Å². The van der Waals surface area contributed by atoms with Crippen molar-refractivity contribution in [1.82, 2.24) is 0 Å². The quantitative estimate of drug-likeness (QED) is 0.629. The number of phenols is 1. The molecule has 0 saturated carbocycles. The molecule has 0 radical (unpaired) electrons. The second kappa shape index (κ2) is 3.81. The van der Waals surface area contributed by atoms with E-state index in [9.17, 15) is 5.11 Å². The van der Waals surface area contributed by atoms with Crippen LogP contribution in [0.3, 0.4) is 0 Å².